The first kappa shape index (κ1) is 30.1. The monoisotopic (exact) mass is 619 g/mol. The van der Waals surface area contributed by atoms with Crippen molar-refractivity contribution in [2.24, 2.45) is 11.8 Å². The Morgan fingerprint density at radius 2 is 1.77 bits per heavy atom. The number of ether oxygens (including phenoxy) is 2. The van der Waals surface area contributed by atoms with Crippen molar-refractivity contribution in [1.29, 1.82) is 0 Å². The quantitative estimate of drug-likeness (QED) is 0.389. The van der Waals surface area contributed by atoms with Gasteiger partial charge in [-0.3, -0.25) is 19.2 Å². The summed E-state index contributed by atoms with van der Waals surface area (Å²) in [7, 11) is 0. The van der Waals surface area contributed by atoms with Crippen LogP contribution in [0.25, 0.3) is 0 Å². The molecule has 0 unspecified atom stereocenters. The van der Waals surface area contributed by atoms with Crippen molar-refractivity contribution < 1.29 is 33.8 Å². The van der Waals surface area contributed by atoms with Gasteiger partial charge in [0.1, 0.15) is 23.7 Å². The Morgan fingerprint density at radius 3 is 2.55 bits per heavy atom. The van der Waals surface area contributed by atoms with Crippen LogP contribution in [-0.4, -0.2) is 77.7 Å². The van der Waals surface area contributed by atoms with Gasteiger partial charge in [0.2, 0.25) is 11.8 Å². The van der Waals surface area contributed by atoms with Crippen LogP contribution in [0.1, 0.15) is 30.9 Å². The summed E-state index contributed by atoms with van der Waals surface area (Å²) >= 11 is 6.50. The molecule has 2 aromatic carbocycles. The van der Waals surface area contributed by atoms with Gasteiger partial charge in [0.25, 0.3) is 5.91 Å². The SMILES string of the molecule is O=C1CC/C=C\[C@@H]2O[C@@]34C=CCN(c5ccccc5Cl)C(=O)[C@@H]3N(CCCO)C(=O)[C@H]4[C@@H]2C(=O)O[C@@H](c2ccccc2)CN1. The fourth-order valence-corrected chi connectivity index (χ4v) is 7.01. The second kappa shape index (κ2) is 12.6. The summed E-state index contributed by atoms with van der Waals surface area (Å²) < 4.78 is 12.8. The average Bonchev–Trinajstić information content (AvgIpc) is 3.41. The number of carbonyl (C=O) groups is 4. The number of benzene rings is 2. The number of likely N-dealkylation sites (tertiary alicyclic amines) is 1. The molecule has 0 bridgehead atoms. The minimum atomic E-state index is -1.48. The van der Waals surface area contributed by atoms with Gasteiger partial charge in [-0.25, -0.2) is 0 Å². The van der Waals surface area contributed by atoms with E-state index >= 15 is 0 Å². The van der Waals surface area contributed by atoms with Gasteiger partial charge in [0.05, 0.1) is 29.3 Å². The van der Waals surface area contributed by atoms with Crippen molar-refractivity contribution in [3.05, 3.63) is 89.5 Å². The molecular weight excluding hydrogens is 586 g/mol. The van der Waals surface area contributed by atoms with E-state index in [-0.39, 0.29) is 45.0 Å². The number of allylic oxidation sites excluding steroid dienone is 1. The fraction of sp³-hybridized carbons (Fsp3) is 0.394. The highest BCUT2D eigenvalue weighted by Crippen LogP contribution is 2.53. The molecule has 10 nitrogen and oxygen atoms in total. The normalized spacial score (nSPS) is 31.2. The summed E-state index contributed by atoms with van der Waals surface area (Å²) in [6, 6.07) is 15.0. The van der Waals surface area contributed by atoms with Gasteiger partial charge in [-0.1, -0.05) is 78.4 Å². The van der Waals surface area contributed by atoms with Gasteiger partial charge >= 0.3 is 5.97 Å². The van der Waals surface area contributed by atoms with Crippen molar-refractivity contribution in [2.75, 3.05) is 31.1 Å². The molecule has 6 atom stereocenters. The predicted molar refractivity (Wildman–Crippen MR) is 161 cm³/mol. The third-order valence-corrected chi connectivity index (χ3v) is 9.06. The lowest BCUT2D eigenvalue weighted by molar-refractivity contribution is -0.159. The van der Waals surface area contributed by atoms with Gasteiger partial charge < -0.3 is 29.7 Å². The number of para-hydroxylation sites is 1. The van der Waals surface area contributed by atoms with Gasteiger partial charge in [-0.2, -0.15) is 0 Å². The van der Waals surface area contributed by atoms with Crippen LogP contribution in [0.4, 0.5) is 5.69 Å². The number of fused-ring (bicyclic) bond motifs is 2. The molecule has 2 fully saturated rings. The van der Waals surface area contributed by atoms with Gasteiger partial charge in [-0.15, -0.1) is 0 Å². The smallest absolute Gasteiger partial charge is 0.313 e. The zero-order valence-corrected chi connectivity index (χ0v) is 24.8. The van der Waals surface area contributed by atoms with Crippen LogP contribution >= 0.6 is 11.6 Å². The molecule has 230 valence electrons. The maximum absolute atomic E-state index is 14.4. The molecule has 0 radical (unpaired) electrons. The molecule has 4 aliphatic heterocycles. The Morgan fingerprint density at radius 1 is 1.00 bits per heavy atom. The Labute approximate surface area is 260 Å². The highest BCUT2D eigenvalue weighted by Gasteiger charge is 2.71. The van der Waals surface area contributed by atoms with E-state index in [1.54, 1.807) is 48.6 Å². The maximum Gasteiger partial charge on any atom is 0.313 e. The lowest BCUT2D eigenvalue weighted by Gasteiger charge is -2.35. The predicted octanol–water partition coefficient (Wildman–Crippen LogP) is 2.96. The number of nitrogens with zero attached hydrogens (tertiary/aromatic N) is 2. The Balaban J connectivity index is 1.43. The number of anilines is 1. The molecule has 6 rings (SSSR count). The highest BCUT2D eigenvalue weighted by atomic mass is 35.5. The van der Waals surface area contributed by atoms with E-state index in [0.717, 1.165) is 0 Å². The number of halogens is 1. The van der Waals surface area contributed by atoms with E-state index in [2.05, 4.69) is 5.32 Å². The molecule has 2 N–H and O–H groups in total. The number of hydrogen-bond acceptors (Lipinski definition) is 7. The summed E-state index contributed by atoms with van der Waals surface area (Å²) in [4.78, 5) is 58.4. The van der Waals surface area contributed by atoms with Gasteiger partial charge in [-0.05, 0) is 30.5 Å². The number of hydrogen-bond donors (Lipinski definition) is 2. The molecule has 3 amide bonds. The van der Waals surface area contributed by atoms with E-state index in [9.17, 15) is 24.3 Å². The zero-order valence-electron chi connectivity index (χ0n) is 24.0. The van der Waals surface area contributed by atoms with E-state index in [4.69, 9.17) is 21.1 Å². The van der Waals surface area contributed by atoms with Gasteiger partial charge in [0, 0.05) is 26.1 Å². The molecule has 4 heterocycles. The summed E-state index contributed by atoms with van der Waals surface area (Å²) in [6.45, 7) is 0.155. The van der Waals surface area contributed by atoms with Crippen molar-refractivity contribution in [1.82, 2.24) is 10.2 Å². The fourth-order valence-electron chi connectivity index (χ4n) is 6.77. The molecule has 11 heteroatoms. The Kier molecular flexibility index (Phi) is 8.57. The zero-order chi connectivity index (χ0) is 30.8. The van der Waals surface area contributed by atoms with E-state index in [1.807, 2.05) is 30.3 Å². The summed E-state index contributed by atoms with van der Waals surface area (Å²) in [5.41, 5.74) is -0.293. The second-order valence-electron chi connectivity index (χ2n) is 11.4. The van der Waals surface area contributed by atoms with Crippen LogP contribution in [0.3, 0.4) is 0 Å². The van der Waals surface area contributed by atoms with Crippen LogP contribution < -0.4 is 10.2 Å². The molecular formula is C33H34ClN3O7. The number of rotatable bonds is 5. The second-order valence-corrected chi connectivity index (χ2v) is 11.8. The molecule has 2 aromatic rings. The van der Waals surface area contributed by atoms with Crippen molar-refractivity contribution in [3.8, 4) is 0 Å². The van der Waals surface area contributed by atoms with Crippen LogP contribution in [0.15, 0.2) is 78.9 Å². The van der Waals surface area contributed by atoms with E-state index in [0.29, 0.717) is 22.7 Å². The molecule has 2 saturated heterocycles. The number of aliphatic hydroxyl groups is 1. The molecule has 0 saturated carbocycles. The van der Waals surface area contributed by atoms with Crippen LogP contribution in [0, 0.1) is 11.8 Å². The van der Waals surface area contributed by atoms with Crippen molar-refractivity contribution in [2.45, 2.75) is 43.1 Å². The standard InChI is InChI=1S/C33H34ClN3O7/c34-22-12-4-5-13-23(22)36-17-8-16-33-28(30(40)37(18-9-19-38)29(33)31(36)41)27-24(44-33)14-6-7-15-26(39)35-20-25(43-32(27)42)21-10-2-1-3-11-21/h1-6,8,10-14,16,24-25,27-29,38H,7,9,15,17-20H2,(H,35,39)/b14-6-/t24-,25+,27+,28+,29-,33+/m0/s1. The van der Waals surface area contributed by atoms with Crippen molar-refractivity contribution >= 4 is 41.0 Å². The molecule has 44 heavy (non-hydrogen) atoms. The summed E-state index contributed by atoms with van der Waals surface area (Å²) in [5, 5.41) is 12.9. The largest absolute Gasteiger partial charge is 0.455 e. The lowest BCUT2D eigenvalue weighted by Crippen LogP contribution is -2.55. The van der Waals surface area contributed by atoms with E-state index < -0.39 is 53.5 Å². The lowest BCUT2D eigenvalue weighted by atomic mass is 9.78. The van der Waals surface area contributed by atoms with Crippen LogP contribution in [0.5, 0.6) is 0 Å². The van der Waals surface area contributed by atoms with Crippen LogP contribution in [-0.2, 0) is 28.7 Å². The summed E-state index contributed by atoms with van der Waals surface area (Å²) in [6.07, 6.45) is 6.14. The number of esters is 1. The van der Waals surface area contributed by atoms with Crippen molar-refractivity contribution in [3.63, 3.8) is 0 Å². The molecule has 4 aliphatic rings. The topological polar surface area (TPSA) is 125 Å². The first-order chi connectivity index (χ1) is 21.4. The molecule has 1 spiro atoms. The third-order valence-electron chi connectivity index (χ3n) is 8.74. The average molecular weight is 620 g/mol. The minimum Gasteiger partial charge on any atom is -0.455 e. The highest BCUT2D eigenvalue weighted by molar-refractivity contribution is 6.34. The number of aliphatic hydroxyl groups excluding tert-OH is 1. The number of nitrogens with one attached hydrogen (secondary N) is 1. The maximum atomic E-state index is 14.4. The van der Waals surface area contributed by atoms with Crippen LogP contribution in [0.2, 0.25) is 5.02 Å². The Bertz CT molecular complexity index is 1500. The minimum absolute atomic E-state index is 0.0662. The first-order valence-electron chi connectivity index (χ1n) is 14.9. The number of cyclic esters (lactones) is 1. The van der Waals surface area contributed by atoms with E-state index in [1.165, 1.54) is 9.80 Å². The number of amides is 3. The first-order valence-corrected chi connectivity index (χ1v) is 15.2. The summed E-state index contributed by atoms with van der Waals surface area (Å²) in [5.74, 6) is -3.78. The Hall–Kier alpha value is -3.99. The van der Waals surface area contributed by atoms with Gasteiger partial charge in [0.15, 0.2) is 0 Å². The molecule has 0 aromatic heterocycles. The molecule has 0 aliphatic carbocycles. The third kappa shape index (κ3) is 5.31. The number of carbonyl (C=O) groups excluding carboxylic acids is 4.